The van der Waals surface area contributed by atoms with Gasteiger partial charge in [0.15, 0.2) is 0 Å². The van der Waals surface area contributed by atoms with E-state index in [9.17, 15) is 4.79 Å². The fourth-order valence-corrected chi connectivity index (χ4v) is 2.64. The number of hydrogen-bond donors (Lipinski definition) is 2. The van der Waals surface area contributed by atoms with E-state index in [2.05, 4.69) is 22.7 Å². The van der Waals surface area contributed by atoms with Crippen LogP contribution in [0.2, 0.25) is 0 Å². The van der Waals surface area contributed by atoms with Gasteiger partial charge < -0.3 is 10.6 Å². The van der Waals surface area contributed by atoms with Crippen LogP contribution < -0.4 is 10.6 Å². The Morgan fingerprint density at radius 3 is 2.79 bits per heavy atom. The van der Waals surface area contributed by atoms with Crippen LogP contribution in [0.25, 0.3) is 0 Å². The van der Waals surface area contributed by atoms with Crippen LogP contribution in [0.3, 0.4) is 0 Å². The highest BCUT2D eigenvalue weighted by molar-refractivity contribution is 5.81. The highest BCUT2D eigenvalue weighted by atomic mass is 16.2. The summed E-state index contributed by atoms with van der Waals surface area (Å²) >= 11 is 0. The van der Waals surface area contributed by atoms with Crippen molar-refractivity contribution in [3.63, 3.8) is 0 Å². The Morgan fingerprint density at radius 2 is 2.16 bits per heavy atom. The summed E-state index contributed by atoms with van der Waals surface area (Å²) in [5.74, 6) is 0.110. The van der Waals surface area contributed by atoms with Crippen molar-refractivity contribution < 1.29 is 4.79 Å². The van der Waals surface area contributed by atoms with Crippen LogP contribution >= 0.6 is 0 Å². The van der Waals surface area contributed by atoms with Gasteiger partial charge >= 0.3 is 0 Å². The summed E-state index contributed by atoms with van der Waals surface area (Å²) in [4.78, 5) is 12.0. The Labute approximate surface area is 114 Å². The quantitative estimate of drug-likeness (QED) is 0.814. The molecule has 1 heterocycles. The Morgan fingerprint density at radius 1 is 1.42 bits per heavy atom. The van der Waals surface area contributed by atoms with Crippen molar-refractivity contribution in [1.29, 1.82) is 0 Å². The number of nitrogens with one attached hydrogen (secondary N) is 2. The molecule has 106 valence electrons. The molecule has 0 radical (unpaired) electrons. The lowest BCUT2D eigenvalue weighted by atomic mass is 10.2. The van der Waals surface area contributed by atoms with Gasteiger partial charge in [-0.25, -0.2) is 0 Å². The van der Waals surface area contributed by atoms with Crippen molar-refractivity contribution in [2.24, 2.45) is 0 Å². The molecule has 1 amide bonds. The Hall–Kier alpha value is -1.36. The first-order valence-electron chi connectivity index (χ1n) is 7.19. The first-order valence-corrected chi connectivity index (χ1v) is 7.19. The third-order valence-electron chi connectivity index (χ3n) is 3.65. The number of amides is 1. The van der Waals surface area contributed by atoms with Crippen LogP contribution in [0.15, 0.2) is 18.5 Å². The molecule has 2 rings (SSSR count). The molecule has 2 N–H and O–H groups in total. The molecule has 5 heteroatoms. The molecule has 0 saturated heterocycles. The number of carbonyl (C=O) groups is 1. The van der Waals surface area contributed by atoms with Crippen molar-refractivity contribution in [3.05, 3.63) is 18.5 Å². The number of nitrogens with zero attached hydrogens (tertiary/aromatic N) is 2. The molecule has 2 atom stereocenters. The lowest BCUT2D eigenvalue weighted by molar-refractivity contribution is -0.123. The third kappa shape index (κ3) is 4.35. The third-order valence-corrected chi connectivity index (χ3v) is 3.65. The molecule has 0 aromatic carbocycles. The van der Waals surface area contributed by atoms with E-state index in [4.69, 9.17) is 0 Å². The fraction of sp³-hybridized carbons (Fsp3) is 0.714. The number of carbonyl (C=O) groups excluding carboxylic acids is 1. The van der Waals surface area contributed by atoms with E-state index in [0.717, 1.165) is 19.4 Å². The zero-order valence-electron chi connectivity index (χ0n) is 11.8. The molecule has 2 unspecified atom stereocenters. The minimum Gasteiger partial charge on any atom is -0.352 e. The maximum atomic E-state index is 12.0. The van der Waals surface area contributed by atoms with E-state index < -0.39 is 0 Å². The summed E-state index contributed by atoms with van der Waals surface area (Å²) in [7, 11) is 0. The monoisotopic (exact) mass is 264 g/mol. The number of rotatable bonds is 6. The highest BCUT2D eigenvalue weighted by Gasteiger charge is 2.21. The highest BCUT2D eigenvalue weighted by Crippen LogP contribution is 2.17. The molecule has 1 aromatic heterocycles. The molecule has 19 heavy (non-hydrogen) atoms. The first kappa shape index (κ1) is 14.1. The van der Waals surface area contributed by atoms with Gasteiger partial charge in [-0.3, -0.25) is 9.48 Å². The Kier molecular flexibility index (Phi) is 4.96. The standard InChI is InChI=1S/C14H24N4O/c1-11(10-18-9-5-8-15-18)16-12(2)14(19)17-13-6-3-4-7-13/h5,8-9,11-13,16H,3-4,6-7,10H2,1-2H3,(H,17,19). The van der Waals surface area contributed by atoms with Crippen molar-refractivity contribution in [1.82, 2.24) is 20.4 Å². The lowest BCUT2D eigenvalue weighted by Gasteiger charge is -2.21. The van der Waals surface area contributed by atoms with Crippen LogP contribution in [0, 0.1) is 0 Å². The maximum absolute atomic E-state index is 12.0. The molecule has 0 bridgehead atoms. The molecular weight excluding hydrogens is 240 g/mol. The summed E-state index contributed by atoms with van der Waals surface area (Å²) in [6.45, 7) is 4.76. The van der Waals surface area contributed by atoms with Gasteiger partial charge in [-0.05, 0) is 32.8 Å². The number of hydrogen-bond acceptors (Lipinski definition) is 3. The second-order valence-electron chi connectivity index (χ2n) is 5.51. The lowest BCUT2D eigenvalue weighted by Crippen LogP contribution is -2.49. The zero-order chi connectivity index (χ0) is 13.7. The van der Waals surface area contributed by atoms with Crippen LogP contribution in [0.1, 0.15) is 39.5 Å². The van der Waals surface area contributed by atoms with Gasteiger partial charge in [0.1, 0.15) is 0 Å². The molecule has 1 aromatic rings. The average molecular weight is 264 g/mol. The normalized spacial score (nSPS) is 19.3. The SMILES string of the molecule is CC(Cn1cccn1)NC(C)C(=O)NC1CCCC1. The molecule has 1 aliphatic carbocycles. The Balaban J connectivity index is 1.72. The van der Waals surface area contributed by atoms with Crippen molar-refractivity contribution >= 4 is 5.91 Å². The van der Waals surface area contributed by atoms with E-state index in [1.165, 1.54) is 12.8 Å². The first-order chi connectivity index (χ1) is 9.15. The molecular formula is C14H24N4O. The van der Waals surface area contributed by atoms with Crippen LogP contribution in [0.4, 0.5) is 0 Å². The van der Waals surface area contributed by atoms with Gasteiger partial charge in [0.25, 0.3) is 0 Å². The summed E-state index contributed by atoms with van der Waals surface area (Å²) < 4.78 is 1.87. The number of aromatic nitrogens is 2. The van der Waals surface area contributed by atoms with Crippen molar-refractivity contribution in [2.75, 3.05) is 0 Å². The summed E-state index contributed by atoms with van der Waals surface area (Å²) in [6.07, 6.45) is 8.43. The summed E-state index contributed by atoms with van der Waals surface area (Å²) in [6, 6.07) is 2.34. The van der Waals surface area contributed by atoms with Crippen molar-refractivity contribution in [3.8, 4) is 0 Å². The predicted molar refractivity (Wildman–Crippen MR) is 74.7 cm³/mol. The van der Waals surface area contributed by atoms with Gasteiger partial charge in [0.2, 0.25) is 5.91 Å². The summed E-state index contributed by atoms with van der Waals surface area (Å²) in [5.41, 5.74) is 0. The molecule has 1 fully saturated rings. The smallest absolute Gasteiger partial charge is 0.237 e. The minimum absolute atomic E-state index is 0.110. The van der Waals surface area contributed by atoms with E-state index >= 15 is 0 Å². The second-order valence-corrected chi connectivity index (χ2v) is 5.51. The van der Waals surface area contributed by atoms with E-state index in [1.807, 2.05) is 23.9 Å². The zero-order valence-corrected chi connectivity index (χ0v) is 11.8. The average Bonchev–Trinajstić information content (AvgIpc) is 3.01. The molecule has 0 spiro atoms. The van der Waals surface area contributed by atoms with E-state index in [0.29, 0.717) is 6.04 Å². The Bertz CT molecular complexity index is 384. The van der Waals surface area contributed by atoms with Gasteiger partial charge in [-0.1, -0.05) is 12.8 Å². The van der Waals surface area contributed by atoms with Gasteiger partial charge in [-0.15, -0.1) is 0 Å². The molecule has 0 aliphatic heterocycles. The van der Waals surface area contributed by atoms with E-state index in [-0.39, 0.29) is 18.0 Å². The molecule has 1 saturated carbocycles. The second kappa shape index (κ2) is 6.70. The molecule has 5 nitrogen and oxygen atoms in total. The predicted octanol–water partition coefficient (Wildman–Crippen LogP) is 1.31. The van der Waals surface area contributed by atoms with Crippen molar-refractivity contribution in [2.45, 2.75) is 64.2 Å². The van der Waals surface area contributed by atoms with Crippen LogP contribution in [0.5, 0.6) is 0 Å². The van der Waals surface area contributed by atoms with Gasteiger partial charge in [0.05, 0.1) is 12.6 Å². The minimum atomic E-state index is -0.161. The summed E-state index contributed by atoms with van der Waals surface area (Å²) in [5, 5.41) is 10.6. The van der Waals surface area contributed by atoms with Crippen LogP contribution in [-0.4, -0.2) is 33.8 Å². The van der Waals surface area contributed by atoms with Gasteiger partial charge in [-0.2, -0.15) is 5.10 Å². The van der Waals surface area contributed by atoms with Gasteiger partial charge in [0, 0.05) is 24.5 Å². The van der Waals surface area contributed by atoms with Crippen LogP contribution in [-0.2, 0) is 11.3 Å². The van der Waals surface area contributed by atoms with E-state index in [1.54, 1.807) is 6.20 Å². The maximum Gasteiger partial charge on any atom is 0.237 e. The topological polar surface area (TPSA) is 59.0 Å². The molecule has 1 aliphatic rings. The fourth-order valence-electron chi connectivity index (χ4n) is 2.64. The largest absolute Gasteiger partial charge is 0.352 e.